The number of carbonyl (C=O) groups is 1. The summed E-state index contributed by atoms with van der Waals surface area (Å²) < 4.78 is 0. The molecule has 1 N–H and O–H groups in total. The Kier molecular flexibility index (Phi) is 4.04. The fourth-order valence-corrected chi connectivity index (χ4v) is 3.12. The summed E-state index contributed by atoms with van der Waals surface area (Å²) in [5, 5.41) is 9.65. The number of piperidine rings is 1. The molecule has 1 amide bonds. The van der Waals surface area contributed by atoms with Crippen molar-refractivity contribution in [2.45, 2.75) is 32.2 Å². The molecule has 5 nitrogen and oxygen atoms in total. The molecule has 114 valence electrons. The van der Waals surface area contributed by atoms with E-state index >= 15 is 0 Å². The van der Waals surface area contributed by atoms with Crippen molar-refractivity contribution in [1.29, 1.82) is 5.26 Å². The lowest BCUT2D eigenvalue weighted by molar-refractivity contribution is -0.137. The van der Waals surface area contributed by atoms with Gasteiger partial charge in [0.2, 0.25) is 5.91 Å². The molecule has 2 aromatic rings. The maximum absolute atomic E-state index is 12.4. The first-order valence-corrected chi connectivity index (χ1v) is 7.83. The second-order valence-corrected chi connectivity index (χ2v) is 6.11. The van der Waals surface area contributed by atoms with Crippen LogP contribution in [0.25, 0.3) is 11.0 Å². The van der Waals surface area contributed by atoms with E-state index in [9.17, 15) is 4.79 Å². The highest BCUT2D eigenvalue weighted by Crippen LogP contribution is 2.32. The number of nitrogens with one attached hydrogen (secondary N) is 1. The van der Waals surface area contributed by atoms with Gasteiger partial charge in [-0.05, 0) is 44.4 Å². The molecule has 2 atom stereocenters. The molecule has 1 aliphatic rings. The predicted octanol–water partition coefficient (Wildman–Crippen LogP) is 3.43. The number of aromatic nitrogens is 2. The van der Waals surface area contributed by atoms with Crippen LogP contribution in [0.15, 0.2) is 18.2 Å². The van der Waals surface area contributed by atoms with Crippen molar-refractivity contribution >= 4 is 28.5 Å². The summed E-state index contributed by atoms with van der Waals surface area (Å²) in [6, 6.07) is 7.44. The van der Waals surface area contributed by atoms with Crippen LogP contribution in [-0.4, -0.2) is 27.3 Å². The summed E-state index contributed by atoms with van der Waals surface area (Å²) in [6.07, 6.45) is 2.87. The number of H-pyrrole nitrogens is 1. The third-order valence-electron chi connectivity index (χ3n) is 4.13. The van der Waals surface area contributed by atoms with Crippen molar-refractivity contribution < 1.29 is 4.79 Å². The second-order valence-electron chi connectivity index (χ2n) is 5.68. The number of aromatic amines is 1. The number of hydrogen-bond acceptors (Lipinski definition) is 3. The molecule has 1 aliphatic heterocycles. The van der Waals surface area contributed by atoms with Gasteiger partial charge in [0.05, 0.1) is 23.1 Å². The molecule has 3 rings (SSSR count). The van der Waals surface area contributed by atoms with Gasteiger partial charge in [-0.1, -0.05) is 11.6 Å². The van der Waals surface area contributed by atoms with Crippen molar-refractivity contribution in [2.75, 3.05) is 6.54 Å². The monoisotopic (exact) mass is 316 g/mol. The predicted molar refractivity (Wildman–Crippen MR) is 84.2 cm³/mol. The van der Waals surface area contributed by atoms with Gasteiger partial charge in [0.1, 0.15) is 11.7 Å². The lowest BCUT2D eigenvalue weighted by Gasteiger charge is -2.35. The molecule has 1 aromatic heterocycles. The van der Waals surface area contributed by atoms with Crippen LogP contribution in [0.2, 0.25) is 5.02 Å². The lowest BCUT2D eigenvalue weighted by Crippen LogP contribution is -2.41. The summed E-state index contributed by atoms with van der Waals surface area (Å²) in [6.45, 7) is 2.32. The summed E-state index contributed by atoms with van der Waals surface area (Å²) in [4.78, 5) is 22.1. The van der Waals surface area contributed by atoms with Crippen LogP contribution >= 0.6 is 11.6 Å². The van der Waals surface area contributed by atoms with Crippen molar-refractivity contribution in [3.8, 4) is 6.07 Å². The van der Waals surface area contributed by atoms with E-state index in [2.05, 4.69) is 9.97 Å². The highest BCUT2D eigenvalue weighted by atomic mass is 35.5. The van der Waals surface area contributed by atoms with Crippen molar-refractivity contribution in [3.05, 3.63) is 29.0 Å². The molecule has 2 unspecified atom stereocenters. The summed E-state index contributed by atoms with van der Waals surface area (Å²) >= 11 is 6.00. The fraction of sp³-hybridized carbons (Fsp3) is 0.438. The van der Waals surface area contributed by atoms with E-state index in [0.29, 0.717) is 11.6 Å². The second kappa shape index (κ2) is 5.98. The Morgan fingerprint density at radius 3 is 3.14 bits per heavy atom. The Bertz CT molecular complexity index is 748. The molecular formula is C16H17ClN4O. The Labute approximate surface area is 133 Å². The quantitative estimate of drug-likeness (QED) is 0.922. The van der Waals surface area contributed by atoms with E-state index in [4.69, 9.17) is 16.9 Å². The zero-order valence-electron chi connectivity index (χ0n) is 12.3. The van der Waals surface area contributed by atoms with E-state index < -0.39 is 5.92 Å². The number of likely N-dealkylation sites (tertiary alicyclic amines) is 1. The number of nitriles is 1. The van der Waals surface area contributed by atoms with Gasteiger partial charge in [0.25, 0.3) is 0 Å². The Morgan fingerprint density at radius 1 is 1.55 bits per heavy atom. The van der Waals surface area contributed by atoms with Crippen LogP contribution in [-0.2, 0) is 4.79 Å². The third kappa shape index (κ3) is 2.67. The topological polar surface area (TPSA) is 72.8 Å². The van der Waals surface area contributed by atoms with Crippen molar-refractivity contribution in [2.24, 2.45) is 5.92 Å². The highest BCUT2D eigenvalue weighted by molar-refractivity contribution is 6.31. The average molecular weight is 317 g/mol. The van der Waals surface area contributed by atoms with Gasteiger partial charge in [-0.15, -0.1) is 0 Å². The minimum atomic E-state index is -0.626. The first-order chi connectivity index (χ1) is 10.6. The average Bonchev–Trinajstić information content (AvgIpc) is 2.96. The summed E-state index contributed by atoms with van der Waals surface area (Å²) in [7, 11) is 0. The van der Waals surface area contributed by atoms with Gasteiger partial charge < -0.3 is 9.88 Å². The summed E-state index contributed by atoms with van der Waals surface area (Å²) in [5.41, 5.74) is 1.71. The van der Waals surface area contributed by atoms with E-state index in [1.54, 1.807) is 17.9 Å². The number of rotatable bonds is 2. The van der Waals surface area contributed by atoms with Crippen LogP contribution in [0, 0.1) is 17.2 Å². The molecule has 0 bridgehead atoms. The zero-order valence-corrected chi connectivity index (χ0v) is 13.1. The molecule has 0 radical (unpaired) electrons. The first-order valence-electron chi connectivity index (χ1n) is 7.45. The number of hydrogen-bond donors (Lipinski definition) is 1. The molecule has 2 heterocycles. The number of imidazole rings is 1. The van der Waals surface area contributed by atoms with Gasteiger partial charge in [0.15, 0.2) is 0 Å². The zero-order chi connectivity index (χ0) is 15.7. The minimum Gasteiger partial charge on any atom is -0.340 e. The van der Waals surface area contributed by atoms with E-state index in [1.807, 2.05) is 18.2 Å². The largest absolute Gasteiger partial charge is 0.340 e. The van der Waals surface area contributed by atoms with Crippen LogP contribution in [0.4, 0.5) is 0 Å². The molecule has 1 saturated heterocycles. The van der Waals surface area contributed by atoms with Crippen LogP contribution in [0.1, 0.15) is 38.1 Å². The maximum Gasteiger partial charge on any atom is 0.240 e. The Balaban J connectivity index is 1.95. The molecular weight excluding hydrogens is 300 g/mol. The molecule has 1 aromatic carbocycles. The van der Waals surface area contributed by atoms with Crippen molar-refractivity contribution in [3.63, 3.8) is 0 Å². The van der Waals surface area contributed by atoms with Crippen LogP contribution in [0.3, 0.4) is 0 Å². The lowest BCUT2D eigenvalue weighted by atomic mass is 9.99. The van der Waals surface area contributed by atoms with E-state index in [1.165, 1.54) is 0 Å². The van der Waals surface area contributed by atoms with Gasteiger partial charge in [0, 0.05) is 11.6 Å². The molecule has 0 spiro atoms. The Morgan fingerprint density at radius 2 is 2.36 bits per heavy atom. The molecule has 6 heteroatoms. The number of fused-ring (bicyclic) bond motifs is 1. The number of nitrogens with zero attached hydrogens (tertiary/aromatic N) is 3. The SMILES string of the molecule is CC(C#N)C(=O)N1CCCCC1c1nc2ccc(Cl)cc2[nH]1. The number of amides is 1. The molecule has 0 saturated carbocycles. The van der Waals surface area contributed by atoms with Gasteiger partial charge in [-0.25, -0.2) is 4.98 Å². The van der Waals surface area contributed by atoms with Gasteiger partial charge in [-0.2, -0.15) is 5.26 Å². The third-order valence-corrected chi connectivity index (χ3v) is 4.36. The van der Waals surface area contributed by atoms with Gasteiger partial charge >= 0.3 is 0 Å². The molecule has 22 heavy (non-hydrogen) atoms. The summed E-state index contributed by atoms with van der Waals surface area (Å²) in [5.74, 6) is 0.0283. The number of carbonyl (C=O) groups excluding carboxylic acids is 1. The number of benzene rings is 1. The number of halogens is 1. The standard InChI is InChI=1S/C16H17ClN4O/c1-10(9-18)16(22)21-7-3-2-4-14(21)15-19-12-6-5-11(17)8-13(12)20-15/h5-6,8,10,14H,2-4,7H2,1H3,(H,19,20). The van der Waals surface area contributed by atoms with Crippen molar-refractivity contribution in [1.82, 2.24) is 14.9 Å². The smallest absolute Gasteiger partial charge is 0.240 e. The van der Waals surface area contributed by atoms with E-state index in [0.717, 1.165) is 36.1 Å². The normalized spacial score (nSPS) is 19.9. The minimum absolute atomic E-state index is 0.0942. The first kappa shape index (κ1) is 14.9. The van der Waals surface area contributed by atoms with Gasteiger partial charge in [-0.3, -0.25) is 4.79 Å². The maximum atomic E-state index is 12.4. The molecule has 1 fully saturated rings. The fourth-order valence-electron chi connectivity index (χ4n) is 2.94. The Hall–Kier alpha value is -2.06. The van der Waals surface area contributed by atoms with E-state index in [-0.39, 0.29) is 11.9 Å². The highest BCUT2D eigenvalue weighted by Gasteiger charge is 2.32. The van der Waals surface area contributed by atoms with Crippen LogP contribution < -0.4 is 0 Å². The van der Waals surface area contributed by atoms with Crippen LogP contribution in [0.5, 0.6) is 0 Å². The molecule has 0 aliphatic carbocycles.